The molecule has 4 rings (SSSR count). The van der Waals surface area contributed by atoms with Crippen LogP contribution in [0.4, 0.5) is 5.69 Å². The number of furan rings is 1. The van der Waals surface area contributed by atoms with Gasteiger partial charge in [-0.2, -0.15) is 0 Å². The molecule has 0 saturated heterocycles. The number of carbonyl (C=O) groups excluding carboxylic acids is 1. The van der Waals surface area contributed by atoms with E-state index in [9.17, 15) is 4.79 Å². The molecule has 0 amide bonds. The normalized spacial score (nSPS) is 13.9. The summed E-state index contributed by atoms with van der Waals surface area (Å²) in [5, 5.41) is 1.32. The number of aromatic nitrogens is 1. The first-order valence-corrected chi connectivity index (χ1v) is 8.44. The van der Waals surface area contributed by atoms with Crippen molar-refractivity contribution in [1.29, 1.82) is 0 Å². The molecule has 0 fully saturated rings. The van der Waals surface area contributed by atoms with Crippen molar-refractivity contribution < 1.29 is 9.21 Å². The largest absolute Gasteiger partial charge is 0.449 e. The van der Waals surface area contributed by atoms with Crippen molar-refractivity contribution in [1.82, 2.24) is 4.98 Å². The van der Waals surface area contributed by atoms with E-state index in [-0.39, 0.29) is 11.5 Å². The maximum atomic E-state index is 12.8. The standard InChI is InChI=1S/C19H17ClN2O2/c1-10-12(7-4-8-22-10)17(23)19-16(21)14-9-11-5-2-3-6-13(11)15(20)18(14)24-19/h4,7-9H,2-3,5-6,21H2,1H3. The van der Waals surface area contributed by atoms with Crippen LogP contribution in [0.25, 0.3) is 11.0 Å². The number of nitrogens with zero attached hydrogens (tertiary/aromatic N) is 1. The topological polar surface area (TPSA) is 69.1 Å². The molecule has 0 spiro atoms. The number of anilines is 1. The number of benzene rings is 1. The molecule has 0 saturated carbocycles. The fourth-order valence-corrected chi connectivity index (χ4v) is 3.78. The van der Waals surface area contributed by atoms with Crippen LogP contribution in [0, 0.1) is 6.92 Å². The molecule has 0 bridgehead atoms. The van der Waals surface area contributed by atoms with E-state index in [0.29, 0.717) is 27.6 Å². The molecule has 3 aromatic rings. The lowest BCUT2D eigenvalue weighted by Gasteiger charge is -2.16. The van der Waals surface area contributed by atoms with Crippen molar-refractivity contribution in [2.45, 2.75) is 32.6 Å². The first-order valence-electron chi connectivity index (χ1n) is 8.06. The van der Waals surface area contributed by atoms with E-state index in [4.69, 9.17) is 21.8 Å². The van der Waals surface area contributed by atoms with Crippen LogP contribution >= 0.6 is 11.6 Å². The molecule has 24 heavy (non-hydrogen) atoms. The SMILES string of the molecule is Cc1ncccc1C(=O)c1oc2c(Cl)c3c(cc2c1N)CCCC3. The zero-order valence-corrected chi connectivity index (χ0v) is 14.1. The highest BCUT2D eigenvalue weighted by Crippen LogP contribution is 2.40. The number of fused-ring (bicyclic) bond motifs is 2. The van der Waals surface area contributed by atoms with Gasteiger partial charge >= 0.3 is 0 Å². The van der Waals surface area contributed by atoms with Gasteiger partial charge in [-0.25, -0.2) is 0 Å². The lowest BCUT2D eigenvalue weighted by molar-refractivity contribution is 0.101. The van der Waals surface area contributed by atoms with Crippen LogP contribution in [0.15, 0.2) is 28.8 Å². The summed E-state index contributed by atoms with van der Waals surface area (Å²) in [6, 6.07) is 5.48. The third-order valence-electron chi connectivity index (χ3n) is 4.73. The molecule has 0 atom stereocenters. The zero-order chi connectivity index (χ0) is 16.8. The minimum Gasteiger partial charge on any atom is -0.449 e. The lowest BCUT2D eigenvalue weighted by Crippen LogP contribution is -2.06. The number of nitrogen functional groups attached to an aromatic ring is 1. The van der Waals surface area contributed by atoms with Gasteiger partial charge in [0, 0.05) is 22.8 Å². The number of hydrogen-bond donors (Lipinski definition) is 1. The van der Waals surface area contributed by atoms with Crippen molar-refractivity contribution in [3.8, 4) is 0 Å². The third-order valence-corrected chi connectivity index (χ3v) is 5.13. The predicted octanol–water partition coefficient (Wildman–Crippen LogP) is 4.48. The fourth-order valence-electron chi connectivity index (χ4n) is 3.43. The van der Waals surface area contributed by atoms with Gasteiger partial charge in [0.2, 0.25) is 5.78 Å². The van der Waals surface area contributed by atoms with Crippen LogP contribution < -0.4 is 5.73 Å². The zero-order valence-electron chi connectivity index (χ0n) is 13.4. The fraction of sp³-hybridized carbons (Fsp3) is 0.263. The molecule has 4 nitrogen and oxygen atoms in total. The number of nitrogens with two attached hydrogens (primary N) is 1. The Morgan fingerprint density at radius 3 is 2.92 bits per heavy atom. The first kappa shape index (κ1) is 15.2. The van der Waals surface area contributed by atoms with E-state index in [1.165, 1.54) is 5.56 Å². The van der Waals surface area contributed by atoms with Gasteiger partial charge in [0.25, 0.3) is 0 Å². The number of ketones is 1. The van der Waals surface area contributed by atoms with Crippen molar-refractivity contribution in [2.24, 2.45) is 0 Å². The van der Waals surface area contributed by atoms with E-state index in [1.807, 2.05) is 6.07 Å². The Morgan fingerprint density at radius 2 is 2.12 bits per heavy atom. The molecule has 1 aromatic carbocycles. The molecule has 2 heterocycles. The van der Waals surface area contributed by atoms with E-state index < -0.39 is 0 Å². The van der Waals surface area contributed by atoms with E-state index in [1.54, 1.807) is 25.3 Å². The van der Waals surface area contributed by atoms with Crippen LogP contribution in [0.3, 0.4) is 0 Å². The summed E-state index contributed by atoms with van der Waals surface area (Å²) < 4.78 is 5.83. The molecule has 0 radical (unpaired) electrons. The Morgan fingerprint density at radius 1 is 1.33 bits per heavy atom. The van der Waals surface area contributed by atoms with Gasteiger partial charge in [0.15, 0.2) is 11.3 Å². The smallest absolute Gasteiger partial charge is 0.232 e. The maximum Gasteiger partial charge on any atom is 0.232 e. The molecule has 2 aromatic heterocycles. The summed E-state index contributed by atoms with van der Waals surface area (Å²) in [7, 11) is 0. The summed E-state index contributed by atoms with van der Waals surface area (Å²) in [6.45, 7) is 1.79. The number of aryl methyl sites for hydroxylation is 2. The molecule has 1 aliphatic rings. The second-order valence-corrected chi connectivity index (χ2v) is 6.60. The molecule has 5 heteroatoms. The van der Waals surface area contributed by atoms with Gasteiger partial charge in [-0.3, -0.25) is 9.78 Å². The Bertz CT molecular complexity index is 975. The maximum absolute atomic E-state index is 12.8. The van der Waals surface area contributed by atoms with E-state index in [2.05, 4.69) is 4.98 Å². The van der Waals surface area contributed by atoms with Crippen LogP contribution in [-0.4, -0.2) is 10.8 Å². The highest BCUT2D eigenvalue weighted by Gasteiger charge is 2.25. The summed E-state index contributed by atoms with van der Waals surface area (Å²) in [5.41, 5.74) is 10.6. The van der Waals surface area contributed by atoms with Gasteiger partial charge in [-0.15, -0.1) is 0 Å². The van der Waals surface area contributed by atoms with Crippen molar-refractivity contribution in [3.05, 3.63) is 57.6 Å². The van der Waals surface area contributed by atoms with Crippen molar-refractivity contribution in [3.63, 3.8) is 0 Å². The second-order valence-electron chi connectivity index (χ2n) is 6.22. The average molecular weight is 341 g/mol. The highest BCUT2D eigenvalue weighted by molar-refractivity contribution is 6.36. The number of carbonyl (C=O) groups is 1. The monoisotopic (exact) mass is 340 g/mol. The lowest BCUT2D eigenvalue weighted by atomic mass is 9.90. The second kappa shape index (κ2) is 5.64. The summed E-state index contributed by atoms with van der Waals surface area (Å²) in [5.74, 6) is -0.117. The molecule has 0 unspecified atom stereocenters. The molecule has 122 valence electrons. The van der Waals surface area contributed by atoms with Crippen LogP contribution in [-0.2, 0) is 12.8 Å². The molecule has 0 aliphatic heterocycles. The van der Waals surface area contributed by atoms with Crippen LogP contribution in [0.5, 0.6) is 0 Å². The minimum atomic E-state index is -0.261. The third kappa shape index (κ3) is 2.21. The Balaban J connectivity index is 1.92. The number of pyridine rings is 1. The van der Waals surface area contributed by atoms with Gasteiger partial charge in [0.05, 0.1) is 10.7 Å². The summed E-state index contributed by atoms with van der Waals surface area (Å²) in [6.07, 6.45) is 5.84. The van der Waals surface area contributed by atoms with Gasteiger partial charge in [-0.05, 0) is 61.9 Å². The Hall–Kier alpha value is -2.33. The summed E-state index contributed by atoms with van der Waals surface area (Å²) in [4.78, 5) is 17.0. The molecular weight excluding hydrogens is 324 g/mol. The Kier molecular flexibility index (Phi) is 3.57. The number of rotatable bonds is 2. The highest BCUT2D eigenvalue weighted by atomic mass is 35.5. The minimum absolute atomic E-state index is 0.144. The summed E-state index contributed by atoms with van der Waals surface area (Å²) >= 11 is 6.55. The number of hydrogen-bond acceptors (Lipinski definition) is 4. The molecule has 2 N–H and O–H groups in total. The van der Waals surface area contributed by atoms with Crippen LogP contribution in [0.1, 0.15) is 45.8 Å². The predicted molar refractivity (Wildman–Crippen MR) is 94.7 cm³/mol. The van der Waals surface area contributed by atoms with E-state index >= 15 is 0 Å². The van der Waals surface area contributed by atoms with E-state index in [0.717, 1.165) is 36.6 Å². The average Bonchev–Trinajstić information content (AvgIpc) is 2.92. The molecule has 1 aliphatic carbocycles. The number of halogens is 1. The van der Waals surface area contributed by atoms with Gasteiger partial charge < -0.3 is 10.2 Å². The van der Waals surface area contributed by atoms with Crippen molar-refractivity contribution >= 4 is 34.0 Å². The van der Waals surface area contributed by atoms with Crippen LogP contribution in [0.2, 0.25) is 5.02 Å². The van der Waals surface area contributed by atoms with Gasteiger partial charge in [-0.1, -0.05) is 11.6 Å². The quantitative estimate of drug-likeness (QED) is 0.698. The van der Waals surface area contributed by atoms with Gasteiger partial charge in [0.1, 0.15) is 0 Å². The Labute approximate surface area is 144 Å². The van der Waals surface area contributed by atoms with Crippen molar-refractivity contribution in [2.75, 3.05) is 5.73 Å². The first-order chi connectivity index (χ1) is 11.6. The molecular formula is C19H17ClN2O2.